The van der Waals surface area contributed by atoms with Crippen LogP contribution in [0.2, 0.25) is 5.02 Å². The molecule has 3 N–H and O–H groups in total. The third kappa shape index (κ3) is 2.66. The quantitative estimate of drug-likeness (QED) is 0.674. The monoisotopic (exact) mass is 328 g/mol. The van der Waals surface area contributed by atoms with E-state index in [4.69, 9.17) is 11.6 Å². The SMILES string of the molecule is Cc1c(Cl)cccc1NC(=O)c1c(O)c2ccccc2[nH]c1=O. The van der Waals surface area contributed by atoms with Gasteiger partial charge in [-0.3, -0.25) is 9.59 Å². The molecular weight excluding hydrogens is 316 g/mol. The number of aromatic nitrogens is 1. The van der Waals surface area contributed by atoms with Crippen molar-refractivity contribution in [3.05, 3.63) is 69.0 Å². The molecule has 0 saturated carbocycles. The van der Waals surface area contributed by atoms with E-state index in [1.807, 2.05) is 0 Å². The largest absolute Gasteiger partial charge is 0.506 e. The first-order valence-corrected chi connectivity index (χ1v) is 7.27. The topological polar surface area (TPSA) is 82.2 Å². The van der Waals surface area contributed by atoms with Crippen molar-refractivity contribution in [1.82, 2.24) is 4.98 Å². The number of pyridine rings is 1. The maximum atomic E-state index is 12.4. The second-order valence-electron chi connectivity index (χ2n) is 5.09. The number of anilines is 1. The van der Waals surface area contributed by atoms with Gasteiger partial charge >= 0.3 is 0 Å². The zero-order valence-electron chi connectivity index (χ0n) is 12.2. The van der Waals surface area contributed by atoms with Crippen LogP contribution >= 0.6 is 11.6 Å². The molecule has 116 valence electrons. The van der Waals surface area contributed by atoms with E-state index >= 15 is 0 Å². The van der Waals surface area contributed by atoms with Crippen molar-refractivity contribution in [2.24, 2.45) is 0 Å². The first kappa shape index (κ1) is 15.1. The van der Waals surface area contributed by atoms with Gasteiger partial charge in [0.05, 0.1) is 5.52 Å². The van der Waals surface area contributed by atoms with Gasteiger partial charge in [-0.15, -0.1) is 0 Å². The molecule has 0 unspecified atom stereocenters. The molecule has 6 heteroatoms. The Hall–Kier alpha value is -2.79. The molecular formula is C17H13ClN2O3. The lowest BCUT2D eigenvalue weighted by molar-refractivity contribution is 0.102. The van der Waals surface area contributed by atoms with Crippen molar-refractivity contribution in [3.8, 4) is 5.75 Å². The highest BCUT2D eigenvalue weighted by molar-refractivity contribution is 6.31. The van der Waals surface area contributed by atoms with Crippen molar-refractivity contribution in [3.63, 3.8) is 0 Å². The summed E-state index contributed by atoms with van der Waals surface area (Å²) in [5.41, 5.74) is 0.639. The minimum absolute atomic E-state index is 0.330. The number of benzene rings is 2. The summed E-state index contributed by atoms with van der Waals surface area (Å²) in [5.74, 6) is -1.04. The van der Waals surface area contributed by atoms with Crippen LogP contribution in [0.1, 0.15) is 15.9 Å². The zero-order valence-corrected chi connectivity index (χ0v) is 12.9. The molecule has 0 aliphatic carbocycles. The summed E-state index contributed by atoms with van der Waals surface area (Å²) >= 11 is 6.02. The summed E-state index contributed by atoms with van der Waals surface area (Å²) in [4.78, 5) is 27.2. The molecule has 0 bridgehead atoms. The van der Waals surface area contributed by atoms with E-state index in [0.717, 1.165) is 0 Å². The van der Waals surface area contributed by atoms with Crippen molar-refractivity contribution in [1.29, 1.82) is 0 Å². The molecule has 1 aromatic heterocycles. The number of fused-ring (bicyclic) bond motifs is 1. The summed E-state index contributed by atoms with van der Waals surface area (Å²) in [7, 11) is 0. The first-order chi connectivity index (χ1) is 11.0. The van der Waals surface area contributed by atoms with E-state index in [-0.39, 0.29) is 11.3 Å². The third-order valence-corrected chi connectivity index (χ3v) is 4.05. The van der Waals surface area contributed by atoms with Gasteiger partial charge in [0.1, 0.15) is 11.3 Å². The molecule has 2 aromatic carbocycles. The molecule has 1 heterocycles. The van der Waals surface area contributed by atoms with Gasteiger partial charge in [-0.05, 0) is 36.8 Å². The van der Waals surface area contributed by atoms with Gasteiger partial charge < -0.3 is 15.4 Å². The Labute approximate surface area is 136 Å². The van der Waals surface area contributed by atoms with Crippen LogP contribution in [-0.4, -0.2) is 16.0 Å². The fourth-order valence-electron chi connectivity index (χ4n) is 2.36. The van der Waals surface area contributed by atoms with Crippen molar-refractivity contribution in [2.75, 3.05) is 5.32 Å². The summed E-state index contributed by atoms with van der Waals surface area (Å²) in [6.07, 6.45) is 0. The molecule has 0 aliphatic rings. The summed E-state index contributed by atoms with van der Waals surface area (Å²) < 4.78 is 0. The predicted octanol–water partition coefficient (Wildman–Crippen LogP) is 3.45. The van der Waals surface area contributed by atoms with E-state index in [0.29, 0.717) is 27.2 Å². The minimum atomic E-state index is -0.695. The molecule has 0 atom stereocenters. The standard InChI is InChI=1S/C17H13ClN2O3/c1-9-11(18)6-4-8-12(9)19-16(22)14-15(21)10-5-2-3-7-13(10)20-17(14)23/h2-8H,1H3,(H,19,22)(H2,20,21,23). The lowest BCUT2D eigenvalue weighted by Gasteiger charge is -2.11. The van der Waals surface area contributed by atoms with Crippen LogP contribution in [0.15, 0.2) is 47.3 Å². The van der Waals surface area contributed by atoms with Crippen molar-refractivity contribution in [2.45, 2.75) is 6.92 Å². The maximum absolute atomic E-state index is 12.4. The highest BCUT2D eigenvalue weighted by Crippen LogP contribution is 2.27. The van der Waals surface area contributed by atoms with Gasteiger partial charge in [-0.2, -0.15) is 0 Å². The molecule has 3 rings (SSSR count). The third-order valence-electron chi connectivity index (χ3n) is 3.64. The van der Waals surface area contributed by atoms with Crippen molar-refractivity contribution < 1.29 is 9.90 Å². The van der Waals surface area contributed by atoms with Crippen LogP contribution in [-0.2, 0) is 0 Å². The van der Waals surface area contributed by atoms with E-state index < -0.39 is 11.5 Å². The number of para-hydroxylation sites is 1. The minimum Gasteiger partial charge on any atom is -0.506 e. The van der Waals surface area contributed by atoms with Crippen LogP contribution < -0.4 is 10.9 Å². The molecule has 0 spiro atoms. The van der Waals surface area contributed by atoms with Gasteiger partial charge in [-0.25, -0.2) is 0 Å². The van der Waals surface area contributed by atoms with Crippen LogP contribution in [0, 0.1) is 6.92 Å². The molecule has 0 fully saturated rings. The van der Waals surface area contributed by atoms with Crippen LogP contribution in [0.25, 0.3) is 10.9 Å². The Morgan fingerprint density at radius 2 is 1.91 bits per heavy atom. The number of hydrogen-bond donors (Lipinski definition) is 3. The van der Waals surface area contributed by atoms with E-state index in [1.54, 1.807) is 49.4 Å². The number of rotatable bonds is 2. The molecule has 1 amide bonds. The fourth-order valence-corrected chi connectivity index (χ4v) is 2.54. The number of nitrogens with one attached hydrogen (secondary N) is 2. The summed E-state index contributed by atoms with van der Waals surface area (Å²) in [5, 5.41) is 13.8. The second kappa shape index (κ2) is 5.78. The summed E-state index contributed by atoms with van der Waals surface area (Å²) in [6, 6.07) is 11.8. The molecule has 0 aliphatic heterocycles. The van der Waals surface area contributed by atoms with Gasteiger partial charge in [-0.1, -0.05) is 29.8 Å². The van der Waals surface area contributed by atoms with Gasteiger partial charge in [0.25, 0.3) is 11.5 Å². The van der Waals surface area contributed by atoms with E-state index in [9.17, 15) is 14.7 Å². The Bertz CT molecular complexity index is 979. The Morgan fingerprint density at radius 1 is 1.17 bits per heavy atom. The second-order valence-corrected chi connectivity index (χ2v) is 5.50. The number of halogens is 1. The Morgan fingerprint density at radius 3 is 2.70 bits per heavy atom. The van der Waals surface area contributed by atoms with E-state index in [1.165, 1.54) is 0 Å². The average Bonchev–Trinajstić information content (AvgIpc) is 2.52. The van der Waals surface area contributed by atoms with Gasteiger partial charge in [0.15, 0.2) is 0 Å². The number of aromatic amines is 1. The van der Waals surface area contributed by atoms with Crippen LogP contribution in [0.5, 0.6) is 5.75 Å². The number of aromatic hydroxyl groups is 1. The maximum Gasteiger partial charge on any atom is 0.265 e. The van der Waals surface area contributed by atoms with Gasteiger partial charge in [0, 0.05) is 16.1 Å². The number of carbonyl (C=O) groups excluding carboxylic acids is 1. The number of carbonyl (C=O) groups is 1. The first-order valence-electron chi connectivity index (χ1n) is 6.89. The van der Waals surface area contributed by atoms with Crippen LogP contribution in [0.3, 0.4) is 0 Å². The Balaban J connectivity index is 2.08. The predicted molar refractivity (Wildman–Crippen MR) is 90.4 cm³/mol. The highest BCUT2D eigenvalue weighted by atomic mass is 35.5. The van der Waals surface area contributed by atoms with Crippen molar-refractivity contribution >= 4 is 34.1 Å². The lowest BCUT2D eigenvalue weighted by atomic mass is 10.1. The molecule has 0 radical (unpaired) electrons. The Kier molecular flexibility index (Phi) is 3.80. The molecule has 23 heavy (non-hydrogen) atoms. The smallest absolute Gasteiger partial charge is 0.265 e. The van der Waals surface area contributed by atoms with Gasteiger partial charge in [0.2, 0.25) is 0 Å². The number of H-pyrrole nitrogens is 1. The normalized spacial score (nSPS) is 10.7. The number of amides is 1. The van der Waals surface area contributed by atoms with Crippen LogP contribution in [0.4, 0.5) is 5.69 Å². The zero-order chi connectivity index (χ0) is 16.6. The lowest BCUT2D eigenvalue weighted by Crippen LogP contribution is -2.23. The van der Waals surface area contributed by atoms with E-state index in [2.05, 4.69) is 10.3 Å². The molecule has 5 nitrogen and oxygen atoms in total. The highest BCUT2D eigenvalue weighted by Gasteiger charge is 2.19. The molecule has 3 aromatic rings. The summed E-state index contributed by atoms with van der Waals surface area (Å²) in [6.45, 7) is 1.75. The fraction of sp³-hybridized carbons (Fsp3) is 0.0588. The number of hydrogen-bond acceptors (Lipinski definition) is 3. The average molecular weight is 329 g/mol. The molecule has 0 saturated heterocycles.